The molecule has 0 bridgehead atoms. The van der Waals surface area contributed by atoms with E-state index in [1.165, 1.54) is 0 Å². The van der Waals surface area contributed by atoms with Crippen LogP contribution in [0.25, 0.3) is 10.8 Å². The minimum atomic E-state index is -0.462. The van der Waals surface area contributed by atoms with Crippen molar-refractivity contribution in [3.05, 3.63) is 53.6 Å². The van der Waals surface area contributed by atoms with Gasteiger partial charge >= 0.3 is 0 Å². The average Bonchev–Trinajstić information content (AvgIpc) is 2.72. The van der Waals surface area contributed by atoms with Gasteiger partial charge in [0.15, 0.2) is 5.78 Å². The fourth-order valence-electron chi connectivity index (χ4n) is 2.98. The van der Waals surface area contributed by atoms with Crippen molar-refractivity contribution in [2.75, 3.05) is 7.11 Å². The fourth-order valence-corrected chi connectivity index (χ4v) is 2.98. The first-order chi connectivity index (χ1) is 9.47. The molecule has 0 fully saturated rings. The molecule has 1 atom stereocenters. The van der Waals surface area contributed by atoms with Crippen molar-refractivity contribution >= 4 is 16.6 Å². The van der Waals surface area contributed by atoms with Crippen LogP contribution in [0.15, 0.2) is 42.5 Å². The number of carbonyl (C=O) groups is 1. The highest BCUT2D eigenvalue weighted by molar-refractivity contribution is 6.10. The smallest absolute Gasteiger partial charge is 0.173 e. The minimum Gasteiger partial charge on any atom is -0.497 e. The Morgan fingerprint density at radius 1 is 1.30 bits per heavy atom. The first-order valence-electron chi connectivity index (χ1n) is 6.78. The standard InChI is InChI=1S/C18H18O2/c1-11(2)18(3)10-16-14-8-6-13(20-4)9-12(14)5-7-15(16)17(18)19/h5-9H,1,10H2,2-4H3/t18-/m0/s1. The number of fused-ring (bicyclic) bond motifs is 3. The molecule has 2 aromatic rings. The van der Waals surface area contributed by atoms with E-state index in [-0.39, 0.29) is 5.78 Å². The van der Waals surface area contributed by atoms with Crippen molar-refractivity contribution in [2.45, 2.75) is 20.3 Å². The van der Waals surface area contributed by atoms with E-state index in [1.807, 2.05) is 44.2 Å². The molecular weight excluding hydrogens is 248 g/mol. The molecule has 2 nitrogen and oxygen atoms in total. The first-order valence-corrected chi connectivity index (χ1v) is 6.78. The molecule has 0 aliphatic heterocycles. The van der Waals surface area contributed by atoms with Crippen LogP contribution in [0.2, 0.25) is 0 Å². The van der Waals surface area contributed by atoms with Gasteiger partial charge in [-0.2, -0.15) is 0 Å². The second-order valence-corrected chi connectivity index (χ2v) is 5.80. The molecule has 102 valence electrons. The molecule has 0 heterocycles. The monoisotopic (exact) mass is 266 g/mol. The fraction of sp³-hybridized carbons (Fsp3) is 0.278. The van der Waals surface area contributed by atoms with Gasteiger partial charge in [-0.15, -0.1) is 0 Å². The van der Waals surface area contributed by atoms with Gasteiger partial charge in [0.25, 0.3) is 0 Å². The summed E-state index contributed by atoms with van der Waals surface area (Å²) in [6.45, 7) is 7.94. The van der Waals surface area contributed by atoms with Crippen LogP contribution in [-0.4, -0.2) is 12.9 Å². The van der Waals surface area contributed by atoms with Gasteiger partial charge in [0.1, 0.15) is 5.75 Å². The van der Waals surface area contributed by atoms with Gasteiger partial charge in [-0.05, 0) is 48.7 Å². The predicted octanol–water partition coefficient (Wildman–Crippen LogP) is 4.17. The van der Waals surface area contributed by atoms with Crippen molar-refractivity contribution in [1.82, 2.24) is 0 Å². The highest BCUT2D eigenvalue weighted by Crippen LogP contribution is 2.44. The second-order valence-electron chi connectivity index (χ2n) is 5.80. The zero-order chi connectivity index (χ0) is 14.5. The van der Waals surface area contributed by atoms with Crippen molar-refractivity contribution < 1.29 is 9.53 Å². The second kappa shape index (κ2) is 4.20. The topological polar surface area (TPSA) is 26.3 Å². The molecule has 0 amide bonds. The molecule has 0 spiro atoms. The highest BCUT2D eigenvalue weighted by Gasteiger charge is 2.42. The summed E-state index contributed by atoms with van der Waals surface area (Å²) in [5.74, 6) is 1.03. The Labute approximate surface area is 119 Å². The third-order valence-corrected chi connectivity index (χ3v) is 4.56. The zero-order valence-electron chi connectivity index (χ0n) is 12.1. The van der Waals surface area contributed by atoms with Gasteiger partial charge in [0.2, 0.25) is 0 Å². The summed E-state index contributed by atoms with van der Waals surface area (Å²) in [7, 11) is 1.66. The Kier molecular flexibility index (Phi) is 2.72. The number of carbonyl (C=O) groups excluding carboxylic acids is 1. The third-order valence-electron chi connectivity index (χ3n) is 4.56. The summed E-state index contributed by atoms with van der Waals surface area (Å²) in [5.41, 5.74) is 2.45. The lowest BCUT2D eigenvalue weighted by Gasteiger charge is -2.21. The molecule has 1 aliphatic carbocycles. The number of allylic oxidation sites excluding steroid dienone is 1. The summed E-state index contributed by atoms with van der Waals surface area (Å²) >= 11 is 0. The van der Waals surface area contributed by atoms with Crippen LogP contribution in [0.3, 0.4) is 0 Å². The summed E-state index contributed by atoms with van der Waals surface area (Å²) in [6, 6.07) is 9.94. The Morgan fingerprint density at radius 2 is 2.05 bits per heavy atom. The van der Waals surface area contributed by atoms with Gasteiger partial charge in [-0.1, -0.05) is 30.4 Å². The minimum absolute atomic E-state index is 0.192. The van der Waals surface area contributed by atoms with Gasteiger partial charge in [0, 0.05) is 5.56 Å². The van der Waals surface area contributed by atoms with Crippen LogP contribution in [0.1, 0.15) is 29.8 Å². The maximum Gasteiger partial charge on any atom is 0.173 e. The molecule has 0 unspecified atom stereocenters. The van der Waals surface area contributed by atoms with Gasteiger partial charge in [-0.25, -0.2) is 0 Å². The third kappa shape index (κ3) is 1.61. The molecule has 0 radical (unpaired) electrons. The molecule has 2 aromatic carbocycles. The highest BCUT2D eigenvalue weighted by atomic mass is 16.5. The quantitative estimate of drug-likeness (QED) is 0.763. The van der Waals surface area contributed by atoms with E-state index in [1.54, 1.807) is 7.11 Å². The van der Waals surface area contributed by atoms with E-state index in [4.69, 9.17) is 4.74 Å². The van der Waals surface area contributed by atoms with E-state index in [9.17, 15) is 4.79 Å². The molecule has 3 rings (SSSR count). The largest absolute Gasteiger partial charge is 0.497 e. The summed E-state index contributed by atoms with van der Waals surface area (Å²) < 4.78 is 5.26. The molecule has 0 saturated carbocycles. The van der Waals surface area contributed by atoms with E-state index in [0.717, 1.165) is 39.6 Å². The Balaban J connectivity index is 2.24. The number of methoxy groups -OCH3 is 1. The number of rotatable bonds is 2. The van der Waals surface area contributed by atoms with Gasteiger partial charge in [-0.3, -0.25) is 4.79 Å². The summed E-state index contributed by atoms with van der Waals surface area (Å²) in [4.78, 5) is 12.6. The maximum absolute atomic E-state index is 12.6. The number of Topliss-reactive ketones (excluding diaryl/α,β-unsaturated/α-hetero) is 1. The van der Waals surface area contributed by atoms with Gasteiger partial charge in [0.05, 0.1) is 12.5 Å². The molecule has 1 aliphatic rings. The number of hydrogen-bond donors (Lipinski definition) is 0. The molecule has 0 saturated heterocycles. The van der Waals surface area contributed by atoms with E-state index >= 15 is 0 Å². The molecule has 2 heteroatoms. The number of hydrogen-bond acceptors (Lipinski definition) is 2. The normalized spacial score (nSPS) is 21.1. The molecule has 0 N–H and O–H groups in total. The van der Waals surface area contributed by atoms with Crippen molar-refractivity contribution in [3.8, 4) is 5.75 Å². The van der Waals surface area contributed by atoms with Crippen molar-refractivity contribution in [1.29, 1.82) is 0 Å². The first kappa shape index (κ1) is 12.9. The maximum atomic E-state index is 12.6. The summed E-state index contributed by atoms with van der Waals surface area (Å²) in [6.07, 6.45) is 0.736. The Morgan fingerprint density at radius 3 is 2.70 bits per heavy atom. The van der Waals surface area contributed by atoms with Gasteiger partial charge < -0.3 is 4.74 Å². The number of benzene rings is 2. The zero-order valence-corrected chi connectivity index (χ0v) is 12.1. The van der Waals surface area contributed by atoms with Crippen LogP contribution in [0.4, 0.5) is 0 Å². The Bertz CT molecular complexity index is 742. The van der Waals surface area contributed by atoms with E-state index in [0.29, 0.717) is 0 Å². The number of ketones is 1. The van der Waals surface area contributed by atoms with E-state index in [2.05, 4.69) is 6.58 Å². The molecular formula is C18H18O2. The van der Waals surface area contributed by atoms with E-state index < -0.39 is 5.41 Å². The van der Waals surface area contributed by atoms with Crippen molar-refractivity contribution in [3.63, 3.8) is 0 Å². The van der Waals surface area contributed by atoms with Crippen LogP contribution in [0, 0.1) is 5.41 Å². The van der Waals surface area contributed by atoms with Crippen LogP contribution >= 0.6 is 0 Å². The average molecular weight is 266 g/mol. The van der Waals surface area contributed by atoms with Crippen LogP contribution in [-0.2, 0) is 6.42 Å². The van der Waals surface area contributed by atoms with Crippen LogP contribution < -0.4 is 4.74 Å². The van der Waals surface area contributed by atoms with Crippen LogP contribution in [0.5, 0.6) is 5.75 Å². The lowest BCUT2D eigenvalue weighted by atomic mass is 9.80. The summed E-state index contributed by atoms with van der Waals surface area (Å²) in [5, 5.41) is 2.25. The number of ether oxygens (including phenoxy) is 1. The van der Waals surface area contributed by atoms with Crippen molar-refractivity contribution in [2.24, 2.45) is 5.41 Å². The molecule has 20 heavy (non-hydrogen) atoms. The SMILES string of the molecule is C=C(C)[C@]1(C)Cc2c(ccc3cc(OC)ccc23)C1=O. The molecule has 0 aromatic heterocycles. The lowest BCUT2D eigenvalue weighted by molar-refractivity contribution is 0.0882. The predicted molar refractivity (Wildman–Crippen MR) is 81.5 cm³/mol. The lowest BCUT2D eigenvalue weighted by Crippen LogP contribution is -2.24. The Hall–Kier alpha value is -2.09.